The van der Waals surface area contributed by atoms with Crippen LogP contribution in [0.15, 0.2) is 45.4 Å². The Bertz CT molecular complexity index is 401. The van der Waals surface area contributed by atoms with Gasteiger partial charge >= 0.3 is 0 Å². The normalized spacial score (nSPS) is 12.7. The Morgan fingerprint density at radius 3 is 2.73 bits per heavy atom. The summed E-state index contributed by atoms with van der Waals surface area (Å²) in [7, 11) is 1.63. The molecule has 1 aromatic carbocycles. The van der Waals surface area contributed by atoms with E-state index >= 15 is 0 Å². The van der Waals surface area contributed by atoms with E-state index < -0.39 is 0 Å². The maximum absolute atomic E-state index is 5.85. The third-order valence-electron chi connectivity index (χ3n) is 1.75. The van der Waals surface area contributed by atoms with E-state index in [9.17, 15) is 0 Å². The zero-order valence-corrected chi connectivity index (χ0v) is 9.89. The predicted molar refractivity (Wildman–Crippen MR) is 68.8 cm³/mol. The van der Waals surface area contributed by atoms with Gasteiger partial charge in [-0.05, 0) is 12.1 Å². The van der Waals surface area contributed by atoms with Crippen molar-refractivity contribution in [1.82, 2.24) is 0 Å². The van der Waals surface area contributed by atoms with Crippen LogP contribution < -0.4 is 11.1 Å². The average molecular weight is 242 g/mol. The molecule has 3 nitrogen and oxygen atoms in total. The lowest BCUT2D eigenvalue weighted by Crippen LogP contribution is -2.13. The highest BCUT2D eigenvalue weighted by atomic mass is 35.5. The van der Waals surface area contributed by atoms with Crippen LogP contribution in [-0.4, -0.2) is 12.9 Å². The minimum atomic E-state index is 0.370. The van der Waals surface area contributed by atoms with Crippen LogP contribution in [0.5, 0.6) is 0 Å². The lowest BCUT2D eigenvalue weighted by atomic mass is 10.3. The van der Waals surface area contributed by atoms with Gasteiger partial charge in [-0.25, -0.2) is 0 Å². The standard InChI is InChI=1S/C10H12ClN3S/c1-13-10(7(11)6-12)14-8-4-2-3-5-9(8)15/h2-6,15H,12H2,1H3,(H,13,14). The molecule has 0 aliphatic heterocycles. The molecule has 15 heavy (non-hydrogen) atoms. The van der Waals surface area contributed by atoms with Crippen LogP contribution in [0, 0.1) is 0 Å². The lowest BCUT2D eigenvalue weighted by Gasteiger charge is -2.09. The van der Waals surface area contributed by atoms with Gasteiger partial charge in [-0.15, -0.1) is 12.6 Å². The molecule has 1 rings (SSSR count). The van der Waals surface area contributed by atoms with Crippen molar-refractivity contribution in [1.29, 1.82) is 0 Å². The summed E-state index contributed by atoms with van der Waals surface area (Å²) < 4.78 is 0. The number of nitrogens with one attached hydrogen (secondary N) is 1. The SMILES string of the molecule is CN=C(Nc1ccccc1S)C(Cl)=CN. The highest BCUT2D eigenvalue weighted by molar-refractivity contribution is 7.80. The molecule has 3 N–H and O–H groups in total. The van der Waals surface area contributed by atoms with Gasteiger partial charge in [0.25, 0.3) is 0 Å². The van der Waals surface area contributed by atoms with E-state index in [0.717, 1.165) is 10.6 Å². The third kappa shape index (κ3) is 3.18. The number of para-hydroxylation sites is 1. The quantitative estimate of drug-likeness (QED) is 0.423. The minimum absolute atomic E-state index is 0.370. The Kier molecular flexibility index (Phi) is 4.52. The molecular formula is C10H12ClN3S. The summed E-state index contributed by atoms with van der Waals surface area (Å²) in [5.41, 5.74) is 6.14. The third-order valence-corrected chi connectivity index (χ3v) is 2.45. The molecule has 0 saturated carbocycles. The van der Waals surface area contributed by atoms with Crippen molar-refractivity contribution in [3.05, 3.63) is 35.5 Å². The summed E-state index contributed by atoms with van der Waals surface area (Å²) in [6.07, 6.45) is 1.29. The van der Waals surface area contributed by atoms with Crippen molar-refractivity contribution in [2.24, 2.45) is 10.7 Å². The molecule has 0 radical (unpaired) electrons. The molecule has 0 unspecified atom stereocenters. The van der Waals surface area contributed by atoms with Crippen LogP contribution in [-0.2, 0) is 0 Å². The molecule has 0 amide bonds. The van der Waals surface area contributed by atoms with Gasteiger partial charge in [0.15, 0.2) is 0 Å². The van der Waals surface area contributed by atoms with Crippen LogP contribution >= 0.6 is 24.2 Å². The Hall–Kier alpha value is -1.13. The minimum Gasteiger partial charge on any atom is -0.403 e. The monoisotopic (exact) mass is 241 g/mol. The van der Waals surface area contributed by atoms with Crippen LogP contribution in [0.1, 0.15) is 0 Å². The van der Waals surface area contributed by atoms with Gasteiger partial charge in [0.1, 0.15) is 5.84 Å². The Morgan fingerprint density at radius 2 is 2.20 bits per heavy atom. The molecule has 80 valence electrons. The maximum atomic E-state index is 5.85. The Balaban J connectivity index is 2.91. The van der Waals surface area contributed by atoms with Gasteiger partial charge in [-0.3, -0.25) is 4.99 Å². The van der Waals surface area contributed by atoms with Crippen molar-refractivity contribution in [3.63, 3.8) is 0 Å². The zero-order valence-electron chi connectivity index (χ0n) is 8.24. The summed E-state index contributed by atoms with van der Waals surface area (Å²) in [6, 6.07) is 7.55. The van der Waals surface area contributed by atoms with E-state index in [4.69, 9.17) is 17.3 Å². The van der Waals surface area contributed by atoms with Crippen LogP contribution in [0.25, 0.3) is 0 Å². The number of amidine groups is 1. The van der Waals surface area contributed by atoms with Gasteiger partial charge in [-0.2, -0.15) is 0 Å². The Labute approximate surface area is 99.4 Å². The molecule has 0 aliphatic carbocycles. The number of thiol groups is 1. The second-order valence-corrected chi connectivity index (χ2v) is 3.62. The first-order valence-electron chi connectivity index (χ1n) is 4.28. The summed E-state index contributed by atoms with van der Waals surface area (Å²) in [6.45, 7) is 0. The van der Waals surface area contributed by atoms with Crippen molar-refractivity contribution in [2.75, 3.05) is 12.4 Å². The highest BCUT2D eigenvalue weighted by Crippen LogP contribution is 2.19. The van der Waals surface area contributed by atoms with E-state index in [1.165, 1.54) is 6.20 Å². The van der Waals surface area contributed by atoms with Crippen LogP contribution in [0.2, 0.25) is 0 Å². The number of benzene rings is 1. The molecule has 1 aromatic rings. The summed E-state index contributed by atoms with van der Waals surface area (Å²) in [4.78, 5) is 4.81. The van der Waals surface area contributed by atoms with Crippen molar-refractivity contribution >= 4 is 35.8 Å². The van der Waals surface area contributed by atoms with E-state index in [-0.39, 0.29) is 0 Å². The van der Waals surface area contributed by atoms with Gasteiger partial charge in [-0.1, -0.05) is 23.7 Å². The first-order valence-corrected chi connectivity index (χ1v) is 5.11. The number of hydrogen-bond donors (Lipinski definition) is 3. The number of hydrogen-bond acceptors (Lipinski definition) is 3. The van der Waals surface area contributed by atoms with Crippen molar-refractivity contribution < 1.29 is 0 Å². The fourth-order valence-corrected chi connectivity index (χ4v) is 1.36. The molecule has 0 saturated heterocycles. The Morgan fingerprint density at radius 1 is 1.53 bits per heavy atom. The van der Waals surface area contributed by atoms with E-state index in [1.54, 1.807) is 7.05 Å². The highest BCUT2D eigenvalue weighted by Gasteiger charge is 2.04. The number of halogens is 1. The van der Waals surface area contributed by atoms with Gasteiger partial charge in [0.2, 0.25) is 0 Å². The van der Waals surface area contributed by atoms with Crippen molar-refractivity contribution in [3.8, 4) is 0 Å². The second kappa shape index (κ2) is 5.68. The number of nitrogens with two attached hydrogens (primary N) is 1. The summed E-state index contributed by atoms with van der Waals surface area (Å²) in [5.74, 6) is 0.515. The topological polar surface area (TPSA) is 50.4 Å². The van der Waals surface area contributed by atoms with Crippen LogP contribution in [0.3, 0.4) is 0 Å². The molecule has 0 heterocycles. The number of nitrogens with zero attached hydrogens (tertiary/aromatic N) is 1. The molecule has 0 bridgehead atoms. The zero-order chi connectivity index (χ0) is 11.3. The van der Waals surface area contributed by atoms with Gasteiger partial charge < -0.3 is 11.1 Å². The van der Waals surface area contributed by atoms with E-state index in [1.807, 2.05) is 24.3 Å². The summed E-state index contributed by atoms with van der Waals surface area (Å²) >= 11 is 10.1. The van der Waals surface area contributed by atoms with Crippen LogP contribution in [0.4, 0.5) is 5.69 Å². The number of aliphatic imine (C=N–C) groups is 1. The predicted octanol–water partition coefficient (Wildman–Crippen LogP) is 2.45. The van der Waals surface area contributed by atoms with Gasteiger partial charge in [0, 0.05) is 18.1 Å². The van der Waals surface area contributed by atoms with E-state index in [0.29, 0.717) is 10.9 Å². The second-order valence-electron chi connectivity index (χ2n) is 2.73. The maximum Gasteiger partial charge on any atom is 0.145 e. The number of anilines is 1. The fourth-order valence-electron chi connectivity index (χ4n) is 1.01. The first-order chi connectivity index (χ1) is 7.19. The van der Waals surface area contributed by atoms with Gasteiger partial charge in [0.05, 0.1) is 10.7 Å². The molecule has 0 atom stereocenters. The molecule has 0 fully saturated rings. The van der Waals surface area contributed by atoms with Crippen molar-refractivity contribution in [2.45, 2.75) is 4.90 Å². The number of rotatable bonds is 2. The smallest absolute Gasteiger partial charge is 0.145 e. The molecule has 5 heteroatoms. The average Bonchev–Trinajstić information content (AvgIpc) is 2.27. The summed E-state index contributed by atoms with van der Waals surface area (Å²) in [5, 5.41) is 3.41. The largest absolute Gasteiger partial charge is 0.403 e. The lowest BCUT2D eigenvalue weighted by molar-refractivity contribution is 1.39. The van der Waals surface area contributed by atoms with E-state index in [2.05, 4.69) is 22.9 Å². The molecule has 0 aliphatic rings. The molecular weight excluding hydrogens is 230 g/mol. The molecule has 0 aromatic heterocycles. The fraction of sp³-hybridized carbons (Fsp3) is 0.100. The molecule has 0 spiro atoms. The first kappa shape index (κ1) is 11.9.